The van der Waals surface area contributed by atoms with Crippen molar-refractivity contribution in [3.8, 4) is 5.75 Å². The van der Waals surface area contributed by atoms with Crippen LogP contribution in [0.5, 0.6) is 5.75 Å². The molecule has 0 aromatic heterocycles. The lowest BCUT2D eigenvalue weighted by Crippen LogP contribution is -2.42. The number of ether oxygens (including phenoxy) is 1. The predicted octanol–water partition coefficient (Wildman–Crippen LogP) is 1.64. The van der Waals surface area contributed by atoms with E-state index in [-0.39, 0.29) is 5.91 Å². The van der Waals surface area contributed by atoms with Gasteiger partial charge in [-0.15, -0.1) is 0 Å². The molecule has 0 fully saturated rings. The van der Waals surface area contributed by atoms with Crippen LogP contribution in [-0.2, 0) is 0 Å². The number of rotatable bonds is 8. The Morgan fingerprint density at radius 2 is 1.87 bits per heavy atom. The molecule has 6 nitrogen and oxygen atoms in total. The largest absolute Gasteiger partial charge is 0.497 e. The Morgan fingerprint density at radius 3 is 2.52 bits per heavy atom. The van der Waals surface area contributed by atoms with E-state index in [1.807, 2.05) is 6.07 Å². The van der Waals surface area contributed by atoms with Crippen LogP contribution in [0.1, 0.15) is 30.6 Å². The van der Waals surface area contributed by atoms with Gasteiger partial charge in [0.05, 0.1) is 7.11 Å². The monoisotopic (exact) mass is 320 g/mol. The fourth-order valence-electron chi connectivity index (χ4n) is 1.92. The van der Waals surface area contributed by atoms with Crippen molar-refractivity contribution in [2.45, 2.75) is 20.3 Å². The molecule has 0 aliphatic rings. The highest BCUT2D eigenvalue weighted by Gasteiger charge is 2.06. The molecular formula is C17H28N4O2. The minimum Gasteiger partial charge on any atom is -0.497 e. The SMILES string of the molecule is CN=C(NCCNC(=O)c1cccc(OC)c1)NCCC(C)C. The summed E-state index contributed by atoms with van der Waals surface area (Å²) in [5.41, 5.74) is 0.587. The lowest BCUT2D eigenvalue weighted by atomic mass is 10.1. The molecule has 0 unspecified atom stereocenters. The molecule has 1 rings (SSSR count). The standard InChI is InChI=1S/C17H28N4O2/c1-13(2)8-9-20-17(18-3)21-11-10-19-16(22)14-6-5-7-15(12-14)23-4/h5-7,12-13H,8-11H2,1-4H3,(H,19,22)(H2,18,20,21). The molecule has 3 N–H and O–H groups in total. The number of aliphatic imine (C=N–C) groups is 1. The first-order chi connectivity index (χ1) is 11.1. The minimum atomic E-state index is -0.117. The van der Waals surface area contributed by atoms with Gasteiger partial charge in [-0.25, -0.2) is 0 Å². The topological polar surface area (TPSA) is 74.8 Å². The average molecular weight is 320 g/mol. The predicted molar refractivity (Wildman–Crippen MR) is 94.1 cm³/mol. The van der Waals surface area contributed by atoms with Crippen LogP contribution in [0.4, 0.5) is 0 Å². The van der Waals surface area contributed by atoms with Gasteiger partial charge < -0.3 is 20.7 Å². The van der Waals surface area contributed by atoms with E-state index in [4.69, 9.17) is 4.74 Å². The summed E-state index contributed by atoms with van der Waals surface area (Å²) in [6.45, 7) is 6.38. The maximum Gasteiger partial charge on any atom is 0.251 e. The Morgan fingerprint density at radius 1 is 1.17 bits per heavy atom. The lowest BCUT2D eigenvalue weighted by Gasteiger charge is -2.13. The minimum absolute atomic E-state index is 0.117. The number of benzene rings is 1. The number of carbonyl (C=O) groups is 1. The van der Waals surface area contributed by atoms with Gasteiger partial charge in [-0.05, 0) is 30.5 Å². The first kappa shape index (κ1) is 18.8. The highest BCUT2D eigenvalue weighted by Crippen LogP contribution is 2.12. The van der Waals surface area contributed by atoms with Gasteiger partial charge in [0, 0.05) is 32.2 Å². The molecule has 1 aromatic carbocycles. The summed E-state index contributed by atoms with van der Waals surface area (Å²) in [7, 11) is 3.32. The molecule has 128 valence electrons. The normalized spacial score (nSPS) is 11.3. The number of guanidine groups is 1. The first-order valence-electron chi connectivity index (χ1n) is 7.93. The zero-order chi connectivity index (χ0) is 17.1. The highest BCUT2D eigenvalue weighted by molar-refractivity contribution is 5.94. The van der Waals surface area contributed by atoms with Crippen molar-refractivity contribution in [1.82, 2.24) is 16.0 Å². The van der Waals surface area contributed by atoms with Crippen molar-refractivity contribution in [1.29, 1.82) is 0 Å². The van der Waals surface area contributed by atoms with Crippen LogP contribution >= 0.6 is 0 Å². The van der Waals surface area contributed by atoms with Gasteiger partial charge in [0.2, 0.25) is 0 Å². The highest BCUT2D eigenvalue weighted by atomic mass is 16.5. The maximum absolute atomic E-state index is 12.0. The average Bonchev–Trinajstić information content (AvgIpc) is 2.56. The summed E-state index contributed by atoms with van der Waals surface area (Å²) in [4.78, 5) is 16.2. The number of hydrogen-bond donors (Lipinski definition) is 3. The van der Waals surface area contributed by atoms with E-state index in [9.17, 15) is 4.79 Å². The van der Waals surface area contributed by atoms with E-state index in [1.165, 1.54) is 0 Å². The van der Waals surface area contributed by atoms with Crippen molar-refractivity contribution in [2.24, 2.45) is 10.9 Å². The molecule has 0 saturated carbocycles. The molecular weight excluding hydrogens is 292 g/mol. The summed E-state index contributed by atoms with van der Waals surface area (Å²) in [5.74, 6) is 1.96. The van der Waals surface area contributed by atoms with E-state index >= 15 is 0 Å². The van der Waals surface area contributed by atoms with E-state index in [2.05, 4.69) is 34.8 Å². The van der Waals surface area contributed by atoms with Gasteiger partial charge in [0.1, 0.15) is 5.75 Å². The molecule has 0 saturated heterocycles. The maximum atomic E-state index is 12.0. The summed E-state index contributed by atoms with van der Waals surface area (Å²) in [6, 6.07) is 7.09. The van der Waals surface area contributed by atoms with Crippen LogP contribution in [0.3, 0.4) is 0 Å². The number of methoxy groups -OCH3 is 1. The molecule has 0 radical (unpaired) electrons. The van der Waals surface area contributed by atoms with Crippen LogP contribution in [0.2, 0.25) is 0 Å². The quantitative estimate of drug-likeness (QED) is 0.387. The Kier molecular flexibility index (Phi) is 8.57. The molecule has 0 bridgehead atoms. The van der Waals surface area contributed by atoms with Gasteiger partial charge >= 0.3 is 0 Å². The van der Waals surface area contributed by atoms with Crippen LogP contribution in [0.25, 0.3) is 0 Å². The van der Waals surface area contributed by atoms with Gasteiger partial charge in [-0.3, -0.25) is 9.79 Å². The van der Waals surface area contributed by atoms with Crippen molar-refractivity contribution in [3.05, 3.63) is 29.8 Å². The number of hydrogen-bond acceptors (Lipinski definition) is 3. The Balaban J connectivity index is 2.28. The van der Waals surface area contributed by atoms with Gasteiger partial charge in [0.15, 0.2) is 5.96 Å². The van der Waals surface area contributed by atoms with E-state index < -0.39 is 0 Å². The van der Waals surface area contributed by atoms with Crippen molar-refractivity contribution < 1.29 is 9.53 Å². The van der Waals surface area contributed by atoms with Gasteiger partial charge in [-0.2, -0.15) is 0 Å². The molecule has 0 aliphatic heterocycles. The van der Waals surface area contributed by atoms with Gasteiger partial charge in [0.25, 0.3) is 5.91 Å². The smallest absolute Gasteiger partial charge is 0.251 e. The van der Waals surface area contributed by atoms with Crippen molar-refractivity contribution >= 4 is 11.9 Å². The zero-order valence-electron chi connectivity index (χ0n) is 14.5. The number of nitrogens with one attached hydrogen (secondary N) is 3. The van der Waals surface area contributed by atoms with Crippen molar-refractivity contribution in [2.75, 3.05) is 33.8 Å². The Hall–Kier alpha value is -2.24. The number of amides is 1. The Labute approximate surface area is 138 Å². The van der Waals surface area contributed by atoms with Crippen LogP contribution in [0, 0.1) is 5.92 Å². The van der Waals surface area contributed by atoms with E-state index in [1.54, 1.807) is 32.4 Å². The molecule has 0 atom stereocenters. The second-order valence-electron chi connectivity index (χ2n) is 5.60. The second kappa shape index (κ2) is 10.5. The third kappa shape index (κ3) is 7.54. The molecule has 1 amide bonds. The molecule has 0 spiro atoms. The molecule has 1 aromatic rings. The summed E-state index contributed by atoms with van der Waals surface area (Å²) >= 11 is 0. The molecule has 0 heterocycles. The summed E-state index contributed by atoms with van der Waals surface area (Å²) in [5, 5.41) is 9.28. The van der Waals surface area contributed by atoms with E-state index in [0.29, 0.717) is 30.3 Å². The van der Waals surface area contributed by atoms with Crippen LogP contribution in [-0.4, -0.2) is 45.7 Å². The zero-order valence-corrected chi connectivity index (χ0v) is 14.5. The molecule has 6 heteroatoms. The second-order valence-corrected chi connectivity index (χ2v) is 5.60. The fourth-order valence-corrected chi connectivity index (χ4v) is 1.92. The van der Waals surface area contributed by atoms with Crippen LogP contribution < -0.4 is 20.7 Å². The van der Waals surface area contributed by atoms with E-state index in [0.717, 1.165) is 18.9 Å². The molecule has 23 heavy (non-hydrogen) atoms. The Bertz CT molecular complexity index is 515. The number of carbonyl (C=O) groups excluding carboxylic acids is 1. The fraction of sp³-hybridized carbons (Fsp3) is 0.529. The summed E-state index contributed by atoms with van der Waals surface area (Å²) < 4.78 is 5.11. The third-order valence-electron chi connectivity index (χ3n) is 3.27. The molecule has 0 aliphatic carbocycles. The van der Waals surface area contributed by atoms with Crippen LogP contribution in [0.15, 0.2) is 29.3 Å². The summed E-state index contributed by atoms with van der Waals surface area (Å²) in [6.07, 6.45) is 1.09. The lowest BCUT2D eigenvalue weighted by molar-refractivity contribution is 0.0954. The van der Waals surface area contributed by atoms with Gasteiger partial charge in [-0.1, -0.05) is 19.9 Å². The van der Waals surface area contributed by atoms with Crippen molar-refractivity contribution in [3.63, 3.8) is 0 Å². The number of nitrogens with zero attached hydrogens (tertiary/aromatic N) is 1. The third-order valence-corrected chi connectivity index (χ3v) is 3.27. The first-order valence-corrected chi connectivity index (χ1v) is 7.93.